The highest BCUT2D eigenvalue weighted by Crippen LogP contribution is 2.24. The molecule has 0 fully saturated rings. The van der Waals surface area contributed by atoms with Crippen LogP contribution in [-0.2, 0) is 22.7 Å². The molecular weight excluding hydrogens is 400 g/mol. The van der Waals surface area contributed by atoms with E-state index in [0.29, 0.717) is 13.2 Å². The summed E-state index contributed by atoms with van der Waals surface area (Å²) < 4.78 is 6.93. The standard InChI is InChI=1S/C26H24N4O2/c1-32-19-21-11-9-20(10-12-21)16-28-25(31)14-13-23-18-30(24-7-3-2-4-8-24)29-26(23)22-6-5-15-27-17-22/h2-15,17-18H,16,19H2,1H3,(H,28,31)/b14-13+. The zero-order chi connectivity index (χ0) is 22.2. The molecule has 4 rings (SSSR count). The molecule has 160 valence electrons. The molecule has 6 heteroatoms. The fourth-order valence-electron chi connectivity index (χ4n) is 3.28. The molecule has 0 aliphatic carbocycles. The van der Waals surface area contributed by atoms with Gasteiger partial charge in [-0.1, -0.05) is 42.5 Å². The van der Waals surface area contributed by atoms with Gasteiger partial charge in [-0.15, -0.1) is 0 Å². The van der Waals surface area contributed by atoms with Gasteiger partial charge in [-0.05, 0) is 41.5 Å². The fraction of sp³-hybridized carbons (Fsp3) is 0.115. The minimum absolute atomic E-state index is 0.171. The molecule has 4 aromatic rings. The normalized spacial score (nSPS) is 11.0. The van der Waals surface area contributed by atoms with Gasteiger partial charge in [-0.25, -0.2) is 4.68 Å². The number of ether oxygens (including phenoxy) is 1. The summed E-state index contributed by atoms with van der Waals surface area (Å²) in [5, 5.41) is 7.65. The number of nitrogens with zero attached hydrogens (tertiary/aromatic N) is 3. The average Bonchev–Trinajstić information content (AvgIpc) is 3.28. The number of benzene rings is 2. The van der Waals surface area contributed by atoms with Gasteiger partial charge >= 0.3 is 0 Å². The number of amides is 1. The third kappa shape index (κ3) is 5.36. The van der Waals surface area contributed by atoms with Crippen LogP contribution in [0.5, 0.6) is 0 Å². The summed E-state index contributed by atoms with van der Waals surface area (Å²) in [7, 11) is 1.67. The molecule has 0 saturated heterocycles. The molecule has 1 amide bonds. The van der Waals surface area contributed by atoms with Crippen molar-refractivity contribution in [3.63, 3.8) is 0 Å². The highest BCUT2D eigenvalue weighted by atomic mass is 16.5. The molecule has 0 bridgehead atoms. The van der Waals surface area contributed by atoms with Crippen molar-refractivity contribution >= 4 is 12.0 Å². The van der Waals surface area contributed by atoms with Crippen molar-refractivity contribution in [2.45, 2.75) is 13.2 Å². The lowest BCUT2D eigenvalue weighted by Crippen LogP contribution is -2.20. The van der Waals surface area contributed by atoms with E-state index in [1.807, 2.05) is 77.6 Å². The van der Waals surface area contributed by atoms with Crippen LogP contribution < -0.4 is 5.32 Å². The zero-order valence-electron chi connectivity index (χ0n) is 17.8. The van der Waals surface area contributed by atoms with Crippen molar-refractivity contribution in [2.24, 2.45) is 0 Å². The molecule has 2 aromatic heterocycles. The van der Waals surface area contributed by atoms with Crippen LogP contribution in [0.1, 0.15) is 16.7 Å². The average molecular weight is 425 g/mol. The highest BCUT2D eigenvalue weighted by molar-refractivity contribution is 5.92. The molecule has 6 nitrogen and oxygen atoms in total. The van der Waals surface area contributed by atoms with Crippen LogP contribution in [0.25, 0.3) is 23.0 Å². The second kappa shape index (κ2) is 10.3. The minimum atomic E-state index is -0.171. The maximum atomic E-state index is 12.4. The second-order valence-electron chi connectivity index (χ2n) is 7.26. The Bertz CT molecular complexity index is 1180. The van der Waals surface area contributed by atoms with Gasteiger partial charge in [0.15, 0.2) is 0 Å². The lowest BCUT2D eigenvalue weighted by Gasteiger charge is -2.04. The summed E-state index contributed by atoms with van der Waals surface area (Å²) in [6.07, 6.45) is 8.72. The van der Waals surface area contributed by atoms with E-state index in [0.717, 1.165) is 33.6 Å². The second-order valence-corrected chi connectivity index (χ2v) is 7.26. The molecule has 32 heavy (non-hydrogen) atoms. The van der Waals surface area contributed by atoms with Gasteiger partial charge in [-0.2, -0.15) is 5.10 Å². The van der Waals surface area contributed by atoms with E-state index >= 15 is 0 Å². The van der Waals surface area contributed by atoms with E-state index in [4.69, 9.17) is 9.84 Å². The number of rotatable bonds is 8. The van der Waals surface area contributed by atoms with Crippen molar-refractivity contribution in [1.29, 1.82) is 0 Å². The minimum Gasteiger partial charge on any atom is -0.380 e. The predicted molar refractivity (Wildman–Crippen MR) is 125 cm³/mol. The number of pyridine rings is 1. The molecule has 0 spiro atoms. The van der Waals surface area contributed by atoms with Crippen molar-refractivity contribution in [2.75, 3.05) is 7.11 Å². The summed E-state index contributed by atoms with van der Waals surface area (Å²) >= 11 is 0. The summed E-state index contributed by atoms with van der Waals surface area (Å²) in [6, 6.07) is 21.7. The smallest absolute Gasteiger partial charge is 0.244 e. The first-order chi connectivity index (χ1) is 15.7. The maximum Gasteiger partial charge on any atom is 0.244 e. The van der Waals surface area contributed by atoms with Crippen LogP contribution in [0.2, 0.25) is 0 Å². The van der Waals surface area contributed by atoms with Gasteiger partial charge in [0.25, 0.3) is 0 Å². The number of aromatic nitrogens is 3. The Kier molecular flexibility index (Phi) is 6.84. The number of methoxy groups -OCH3 is 1. The first-order valence-corrected chi connectivity index (χ1v) is 10.3. The van der Waals surface area contributed by atoms with E-state index in [-0.39, 0.29) is 5.91 Å². The molecule has 0 aliphatic rings. The first-order valence-electron chi connectivity index (χ1n) is 10.3. The van der Waals surface area contributed by atoms with Crippen molar-refractivity contribution in [3.05, 3.63) is 108 Å². The molecule has 0 unspecified atom stereocenters. The van der Waals surface area contributed by atoms with Crippen molar-refractivity contribution < 1.29 is 9.53 Å². The third-order valence-electron chi connectivity index (χ3n) is 4.91. The van der Waals surface area contributed by atoms with Crippen LogP contribution in [0.15, 0.2) is 91.4 Å². The molecule has 0 radical (unpaired) electrons. The van der Waals surface area contributed by atoms with Gasteiger partial charge in [0, 0.05) is 49.4 Å². The van der Waals surface area contributed by atoms with E-state index in [1.165, 1.54) is 6.08 Å². The van der Waals surface area contributed by atoms with Gasteiger partial charge in [-0.3, -0.25) is 9.78 Å². The SMILES string of the molecule is COCc1ccc(CNC(=O)/C=C/c2cn(-c3ccccc3)nc2-c2cccnc2)cc1. The number of hydrogen-bond donors (Lipinski definition) is 1. The van der Waals surface area contributed by atoms with Crippen LogP contribution in [0.4, 0.5) is 0 Å². The first kappa shape index (κ1) is 21.2. The summed E-state index contributed by atoms with van der Waals surface area (Å²) in [5.41, 5.74) is 5.55. The Hall–Kier alpha value is -4.03. The number of carbonyl (C=O) groups excluding carboxylic acids is 1. The van der Waals surface area contributed by atoms with Crippen LogP contribution in [-0.4, -0.2) is 27.8 Å². The zero-order valence-corrected chi connectivity index (χ0v) is 17.8. The topological polar surface area (TPSA) is 69.0 Å². The molecule has 2 aromatic carbocycles. The van der Waals surface area contributed by atoms with Crippen LogP contribution in [0, 0.1) is 0 Å². The molecule has 2 heterocycles. The molecular formula is C26H24N4O2. The third-order valence-corrected chi connectivity index (χ3v) is 4.91. The number of hydrogen-bond acceptors (Lipinski definition) is 4. The van der Waals surface area contributed by atoms with Crippen LogP contribution >= 0.6 is 0 Å². The number of para-hydroxylation sites is 1. The quantitative estimate of drug-likeness (QED) is 0.426. The fourth-order valence-corrected chi connectivity index (χ4v) is 3.28. The van der Waals surface area contributed by atoms with Crippen LogP contribution in [0.3, 0.4) is 0 Å². The molecule has 0 saturated carbocycles. The number of carbonyl (C=O) groups is 1. The Morgan fingerprint density at radius 1 is 1.03 bits per heavy atom. The monoisotopic (exact) mass is 424 g/mol. The summed E-state index contributed by atoms with van der Waals surface area (Å²) in [6.45, 7) is 1.03. The van der Waals surface area contributed by atoms with E-state index in [9.17, 15) is 4.79 Å². The van der Waals surface area contributed by atoms with E-state index in [2.05, 4.69) is 10.3 Å². The molecule has 0 atom stereocenters. The van der Waals surface area contributed by atoms with Crippen molar-refractivity contribution in [3.8, 4) is 16.9 Å². The Labute approximate surface area is 187 Å². The Morgan fingerprint density at radius 2 is 1.81 bits per heavy atom. The summed E-state index contributed by atoms with van der Waals surface area (Å²) in [4.78, 5) is 16.6. The van der Waals surface area contributed by atoms with Gasteiger partial charge in [0.05, 0.1) is 12.3 Å². The van der Waals surface area contributed by atoms with E-state index in [1.54, 1.807) is 25.6 Å². The lowest BCUT2D eigenvalue weighted by molar-refractivity contribution is -0.116. The largest absolute Gasteiger partial charge is 0.380 e. The molecule has 0 aliphatic heterocycles. The summed E-state index contributed by atoms with van der Waals surface area (Å²) in [5.74, 6) is -0.171. The molecule has 1 N–H and O–H groups in total. The highest BCUT2D eigenvalue weighted by Gasteiger charge is 2.11. The number of nitrogens with one attached hydrogen (secondary N) is 1. The van der Waals surface area contributed by atoms with Crippen molar-refractivity contribution in [1.82, 2.24) is 20.1 Å². The van der Waals surface area contributed by atoms with Gasteiger partial charge in [0.1, 0.15) is 5.69 Å². The van der Waals surface area contributed by atoms with Gasteiger partial charge < -0.3 is 10.1 Å². The van der Waals surface area contributed by atoms with Gasteiger partial charge in [0.2, 0.25) is 5.91 Å². The predicted octanol–water partition coefficient (Wildman–Crippen LogP) is 4.41. The lowest BCUT2D eigenvalue weighted by atomic mass is 10.1. The Balaban J connectivity index is 1.49. The maximum absolute atomic E-state index is 12.4. The Morgan fingerprint density at radius 3 is 2.53 bits per heavy atom. The van der Waals surface area contributed by atoms with E-state index < -0.39 is 0 Å².